The van der Waals surface area contributed by atoms with E-state index in [1.807, 2.05) is 24.8 Å². The molecule has 1 heterocycles. The molecule has 2 rings (SSSR count). The van der Waals surface area contributed by atoms with E-state index in [1.165, 1.54) is 4.90 Å². The second kappa shape index (κ2) is 11.3. The van der Waals surface area contributed by atoms with Gasteiger partial charge in [-0.05, 0) is 19.1 Å². The zero-order chi connectivity index (χ0) is 16.5. The maximum atomic E-state index is 4.95. The maximum absolute atomic E-state index is 4.95. The monoisotopic (exact) mass is 461 g/mol. The maximum Gasteiger partial charge on any atom is 0.223 e. The number of aryl methyl sites for hydroxylation is 1. The standard InChI is InChI=1S/C16H23N5OS.HI/c1-4-17-16(19-11-15-20-13(3)22-21-15)18-10-12(2)23-14-8-6-5-7-9-14;/h5-9,12H,4,10-11H2,1-3H3,(H2,17,18,19);1H. The molecular formula is C16H24IN5OS. The SMILES string of the molecule is CCNC(=NCc1noc(C)n1)NCC(C)Sc1ccccc1.I. The summed E-state index contributed by atoms with van der Waals surface area (Å²) >= 11 is 1.84. The third-order valence-electron chi connectivity index (χ3n) is 2.93. The first kappa shape index (κ1) is 20.8. The number of thioether (sulfide) groups is 1. The van der Waals surface area contributed by atoms with Gasteiger partial charge in [-0.15, -0.1) is 35.7 Å². The van der Waals surface area contributed by atoms with Gasteiger partial charge in [0, 0.05) is 30.2 Å². The minimum absolute atomic E-state index is 0. The van der Waals surface area contributed by atoms with Crippen molar-refractivity contribution in [2.75, 3.05) is 13.1 Å². The highest BCUT2D eigenvalue weighted by Gasteiger charge is 2.07. The summed E-state index contributed by atoms with van der Waals surface area (Å²) in [7, 11) is 0. The quantitative estimate of drug-likeness (QED) is 0.286. The Hall–Kier alpha value is -1.29. The highest BCUT2D eigenvalue weighted by atomic mass is 127. The van der Waals surface area contributed by atoms with Gasteiger partial charge in [0.25, 0.3) is 0 Å². The largest absolute Gasteiger partial charge is 0.357 e. The van der Waals surface area contributed by atoms with Gasteiger partial charge in [0.05, 0.1) is 0 Å². The third-order valence-corrected chi connectivity index (χ3v) is 4.04. The van der Waals surface area contributed by atoms with E-state index in [-0.39, 0.29) is 24.0 Å². The number of aliphatic imine (C=N–C) groups is 1. The molecule has 0 fully saturated rings. The molecule has 1 unspecified atom stereocenters. The van der Waals surface area contributed by atoms with Crippen molar-refractivity contribution >= 4 is 41.7 Å². The van der Waals surface area contributed by atoms with Gasteiger partial charge < -0.3 is 15.2 Å². The normalized spacial score (nSPS) is 12.4. The van der Waals surface area contributed by atoms with Crippen LogP contribution in [-0.2, 0) is 6.54 Å². The molecule has 1 aromatic heterocycles. The van der Waals surface area contributed by atoms with E-state index in [9.17, 15) is 0 Å². The Bertz CT molecular complexity index is 620. The van der Waals surface area contributed by atoms with E-state index >= 15 is 0 Å². The van der Waals surface area contributed by atoms with E-state index < -0.39 is 0 Å². The Morgan fingerprint density at radius 1 is 1.29 bits per heavy atom. The number of aromatic nitrogens is 2. The number of nitrogens with one attached hydrogen (secondary N) is 2. The molecule has 0 spiro atoms. The van der Waals surface area contributed by atoms with E-state index in [1.54, 1.807) is 6.92 Å². The third kappa shape index (κ3) is 7.52. The number of hydrogen-bond acceptors (Lipinski definition) is 5. The van der Waals surface area contributed by atoms with Crippen molar-refractivity contribution < 1.29 is 4.52 Å². The predicted octanol–water partition coefficient (Wildman–Crippen LogP) is 3.23. The molecule has 0 aliphatic heterocycles. The Morgan fingerprint density at radius 2 is 2.04 bits per heavy atom. The van der Waals surface area contributed by atoms with Crippen molar-refractivity contribution in [1.29, 1.82) is 0 Å². The lowest BCUT2D eigenvalue weighted by Gasteiger charge is -2.15. The fourth-order valence-corrected chi connectivity index (χ4v) is 2.86. The summed E-state index contributed by atoms with van der Waals surface area (Å²) in [5.74, 6) is 1.91. The molecule has 1 aromatic carbocycles. The van der Waals surface area contributed by atoms with Gasteiger partial charge in [-0.3, -0.25) is 0 Å². The van der Waals surface area contributed by atoms with Crippen molar-refractivity contribution in [2.45, 2.75) is 37.5 Å². The molecule has 0 bridgehead atoms. The summed E-state index contributed by atoms with van der Waals surface area (Å²) in [6, 6.07) is 10.4. The summed E-state index contributed by atoms with van der Waals surface area (Å²) < 4.78 is 4.95. The minimum atomic E-state index is 0. The fourth-order valence-electron chi connectivity index (χ4n) is 1.91. The molecule has 0 aliphatic carbocycles. The summed E-state index contributed by atoms with van der Waals surface area (Å²) in [5, 5.41) is 10.8. The summed E-state index contributed by atoms with van der Waals surface area (Å²) in [5.41, 5.74) is 0. The number of hydrogen-bond donors (Lipinski definition) is 2. The van der Waals surface area contributed by atoms with Gasteiger partial charge in [0.15, 0.2) is 11.8 Å². The molecule has 2 aromatic rings. The number of rotatable bonds is 7. The van der Waals surface area contributed by atoms with Gasteiger partial charge in [0.2, 0.25) is 5.89 Å². The lowest BCUT2D eigenvalue weighted by Crippen LogP contribution is -2.40. The van der Waals surface area contributed by atoms with Crippen LogP contribution >= 0.6 is 35.7 Å². The Kier molecular flexibility index (Phi) is 9.77. The molecular weight excluding hydrogens is 437 g/mol. The van der Waals surface area contributed by atoms with E-state index in [0.29, 0.717) is 23.5 Å². The highest BCUT2D eigenvalue weighted by Crippen LogP contribution is 2.21. The van der Waals surface area contributed by atoms with Gasteiger partial charge in [-0.25, -0.2) is 4.99 Å². The van der Waals surface area contributed by atoms with Crippen LogP contribution in [0, 0.1) is 6.92 Å². The lowest BCUT2D eigenvalue weighted by molar-refractivity contribution is 0.387. The van der Waals surface area contributed by atoms with Crippen molar-refractivity contribution in [3.8, 4) is 0 Å². The molecule has 1 atom stereocenters. The summed E-state index contributed by atoms with van der Waals surface area (Å²) in [4.78, 5) is 9.89. The zero-order valence-electron chi connectivity index (χ0n) is 14.2. The van der Waals surface area contributed by atoms with Crippen molar-refractivity contribution in [1.82, 2.24) is 20.8 Å². The Labute approximate surface area is 164 Å². The van der Waals surface area contributed by atoms with Gasteiger partial charge in [0.1, 0.15) is 6.54 Å². The lowest BCUT2D eigenvalue weighted by atomic mass is 10.4. The molecule has 0 saturated carbocycles. The molecule has 0 radical (unpaired) electrons. The molecule has 0 aliphatic rings. The van der Waals surface area contributed by atoms with E-state index in [0.717, 1.165) is 19.0 Å². The average Bonchev–Trinajstić information content (AvgIpc) is 2.96. The second-order valence-corrected chi connectivity index (χ2v) is 6.56. The summed E-state index contributed by atoms with van der Waals surface area (Å²) in [6.45, 7) is 8.02. The van der Waals surface area contributed by atoms with Crippen LogP contribution < -0.4 is 10.6 Å². The zero-order valence-corrected chi connectivity index (χ0v) is 17.3. The topological polar surface area (TPSA) is 75.3 Å². The molecule has 2 N–H and O–H groups in total. The van der Waals surface area contributed by atoms with Crippen molar-refractivity contribution in [3.63, 3.8) is 0 Å². The molecule has 24 heavy (non-hydrogen) atoms. The van der Waals surface area contributed by atoms with Crippen LogP contribution in [-0.4, -0.2) is 34.4 Å². The first-order chi connectivity index (χ1) is 11.2. The van der Waals surface area contributed by atoms with Gasteiger partial charge in [-0.2, -0.15) is 4.98 Å². The average molecular weight is 461 g/mol. The van der Waals surface area contributed by atoms with Crippen LogP contribution in [0.2, 0.25) is 0 Å². The fraction of sp³-hybridized carbons (Fsp3) is 0.438. The van der Waals surface area contributed by atoms with Crippen LogP contribution in [0.3, 0.4) is 0 Å². The number of halogens is 1. The number of guanidine groups is 1. The molecule has 132 valence electrons. The number of benzene rings is 1. The second-order valence-electron chi connectivity index (χ2n) is 5.05. The molecule has 0 amide bonds. The molecule has 6 nitrogen and oxygen atoms in total. The van der Waals surface area contributed by atoms with Crippen LogP contribution in [0.5, 0.6) is 0 Å². The van der Waals surface area contributed by atoms with Gasteiger partial charge in [-0.1, -0.05) is 30.3 Å². The molecule has 0 saturated heterocycles. The highest BCUT2D eigenvalue weighted by molar-refractivity contribution is 14.0. The first-order valence-electron chi connectivity index (χ1n) is 7.70. The van der Waals surface area contributed by atoms with Gasteiger partial charge >= 0.3 is 0 Å². The minimum Gasteiger partial charge on any atom is -0.357 e. The van der Waals surface area contributed by atoms with Crippen LogP contribution in [0.15, 0.2) is 44.7 Å². The van der Waals surface area contributed by atoms with Crippen molar-refractivity contribution in [3.05, 3.63) is 42.0 Å². The number of nitrogens with zero attached hydrogens (tertiary/aromatic N) is 3. The Balaban J connectivity index is 0.00000288. The predicted molar refractivity (Wildman–Crippen MR) is 109 cm³/mol. The van der Waals surface area contributed by atoms with Crippen molar-refractivity contribution in [2.24, 2.45) is 4.99 Å². The van der Waals surface area contributed by atoms with Crippen LogP contribution in [0.25, 0.3) is 0 Å². The molecule has 8 heteroatoms. The smallest absolute Gasteiger partial charge is 0.223 e. The first-order valence-corrected chi connectivity index (χ1v) is 8.58. The van der Waals surface area contributed by atoms with E-state index in [4.69, 9.17) is 4.52 Å². The Morgan fingerprint density at radius 3 is 2.67 bits per heavy atom. The summed E-state index contributed by atoms with van der Waals surface area (Å²) in [6.07, 6.45) is 0. The van der Waals surface area contributed by atoms with Crippen LogP contribution in [0.4, 0.5) is 0 Å². The van der Waals surface area contributed by atoms with E-state index in [2.05, 4.69) is 57.0 Å². The van der Waals surface area contributed by atoms with Crippen LogP contribution in [0.1, 0.15) is 25.6 Å².